The molecule has 0 aromatic heterocycles. The van der Waals surface area contributed by atoms with Gasteiger partial charge >= 0.3 is 0 Å². The number of hydrogen-bond acceptors (Lipinski definition) is 2. The molecule has 0 bridgehead atoms. The minimum Gasteiger partial charge on any atom is -0.492 e. The van der Waals surface area contributed by atoms with Gasteiger partial charge in [0, 0.05) is 13.1 Å². The number of piperidine rings is 1. The molecule has 17 heavy (non-hydrogen) atoms. The zero-order chi connectivity index (χ0) is 12.5. The van der Waals surface area contributed by atoms with Gasteiger partial charge in [0.25, 0.3) is 0 Å². The summed E-state index contributed by atoms with van der Waals surface area (Å²) in [6, 6.07) is 0. The third-order valence-corrected chi connectivity index (χ3v) is 4.58. The number of hydrogen-bond donors (Lipinski definition) is 0. The molecule has 0 radical (unpaired) electrons. The first-order valence-corrected chi connectivity index (χ1v) is 7.17. The normalized spacial score (nSPS) is 25.5. The van der Waals surface area contributed by atoms with Crippen molar-refractivity contribution in [2.24, 2.45) is 5.92 Å². The molecule has 0 aliphatic carbocycles. The maximum atomic E-state index is 6.33. The molecular formula is C15H27NO. The fraction of sp³-hybridized carbons (Fsp3) is 0.867. The van der Waals surface area contributed by atoms with Crippen LogP contribution in [-0.4, -0.2) is 30.1 Å². The van der Waals surface area contributed by atoms with E-state index in [9.17, 15) is 0 Å². The molecule has 98 valence electrons. The Hall–Kier alpha value is -0.500. The lowest BCUT2D eigenvalue weighted by molar-refractivity contribution is -0.0638. The summed E-state index contributed by atoms with van der Waals surface area (Å²) in [6.07, 6.45) is 4.90. The van der Waals surface area contributed by atoms with Crippen LogP contribution in [0, 0.1) is 5.92 Å². The van der Waals surface area contributed by atoms with Gasteiger partial charge in [0.05, 0.1) is 5.76 Å². The van der Waals surface area contributed by atoms with Gasteiger partial charge in [-0.3, -0.25) is 0 Å². The van der Waals surface area contributed by atoms with Crippen LogP contribution in [0.15, 0.2) is 11.3 Å². The van der Waals surface area contributed by atoms with Crippen molar-refractivity contribution >= 4 is 0 Å². The van der Waals surface area contributed by atoms with Crippen LogP contribution in [0.3, 0.4) is 0 Å². The highest BCUT2D eigenvalue weighted by Gasteiger charge is 2.39. The molecule has 0 atom stereocenters. The Kier molecular flexibility index (Phi) is 3.82. The van der Waals surface area contributed by atoms with Crippen molar-refractivity contribution in [3.63, 3.8) is 0 Å². The summed E-state index contributed by atoms with van der Waals surface area (Å²) >= 11 is 0. The molecule has 2 rings (SSSR count). The summed E-state index contributed by atoms with van der Waals surface area (Å²) in [7, 11) is 0. The van der Waals surface area contributed by atoms with E-state index in [1.807, 2.05) is 0 Å². The van der Waals surface area contributed by atoms with Crippen molar-refractivity contribution in [3.05, 3.63) is 11.3 Å². The minimum atomic E-state index is 0.175. The predicted octanol–water partition coefficient (Wildman–Crippen LogP) is 3.58. The van der Waals surface area contributed by atoms with Gasteiger partial charge in [-0.1, -0.05) is 20.8 Å². The first-order valence-electron chi connectivity index (χ1n) is 7.17. The molecule has 1 spiro atoms. The Balaban J connectivity index is 2.02. The van der Waals surface area contributed by atoms with Crippen molar-refractivity contribution in [2.75, 3.05) is 19.6 Å². The second-order valence-corrected chi connectivity index (χ2v) is 5.96. The monoisotopic (exact) mass is 237 g/mol. The molecule has 2 aliphatic heterocycles. The van der Waals surface area contributed by atoms with Crippen LogP contribution in [0.4, 0.5) is 0 Å². The van der Waals surface area contributed by atoms with Crippen LogP contribution in [0.2, 0.25) is 0 Å². The first kappa shape index (κ1) is 12.9. The summed E-state index contributed by atoms with van der Waals surface area (Å²) in [5.41, 5.74) is 1.71. The summed E-state index contributed by atoms with van der Waals surface area (Å²) in [4.78, 5) is 2.53. The second kappa shape index (κ2) is 5.01. The van der Waals surface area contributed by atoms with Crippen LogP contribution in [-0.2, 0) is 4.74 Å². The van der Waals surface area contributed by atoms with Gasteiger partial charge in [-0.05, 0) is 50.6 Å². The van der Waals surface area contributed by atoms with Crippen molar-refractivity contribution in [2.45, 2.75) is 59.0 Å². The molecular weight excluding hydrogens is 210 g/mol. The SMILES string of the molecule is CCN1CCC2(CCC(C(C)C)=C(C)O2)CC1. The standard InChI is InChI=1S/C15H27NO/c1-5-16-10-8-15(9-11-16)7-6-14(12(2)3)13(4)17-15/h12H,5-11H2,1-4H3. The van der Waals surface area contributed by atoms with Gasteiger partial charge < -0.3 is 9.64 Å². The van der Waals surface area contributed by atoms with Gasteiger partial charge in [-0.25, -0.2) is 0 Å². The number of likely N-dealkylation sites (tertiary alicyclic amines) is 1. The van der Waals surface area contributed by atoms with E-state index in [2.05, 4.69) is 32.6 Å². The Morgan fingerprint density at radius 3 is 2.35 bits per heavy atom. The number of allylic oxidation sites excluding steroid dienone is 2. The molecule has 2 nitrogen and oxygen atoms in total. The van der Waals surface area contributed by atoms with Gasteiger partial charge in [0.2, 0.25) is 0 Å². The van der Waals surface area contributed by atoms with Crippen molar-refractivity contribution < 1.29 is 4.74 Å². The topological polar surface area (TPSA) is 12.5 Å². The predicted molar refractivity (Wildman–Crippen MR) is 71.9 cm³/mol. The Morgan fingerprint density at radius 1 is 1.24 bits per heavy atom. The highest BCUT2D eigenvalue weighted by atomic mass is 16.5. The Labute approximate surface area is 106 Å². The average Bonchev–Trinajstić information content (AvgIpc) is 2.29. The average molecular weight is 237 g/mol. The first-order chi connectivity index (χ1) is 8.06. The van der Waals surface area contributed by atoms with Crippen LogP contribution >= 0.6 is 0 Å². The van der Waals surface area contributed by atoms with Gasteiger partial charge in [-0.2, -0.15) is 0 Å². The largest absolute Gasteiger partial charge is 0.492 e. The lowest BCUT2D eigenvalue weighted by Gasteiger charge is -2.45. The number of ether oxygens (including phenoxy) is 1. The van der Waals surface area contributed by atoms with Gasteiger partial charge in [0.1, 0.15) is 5.60 Å². The Bertz CT molecular complexity index is 298. The van der Waals surface area contributed by atoms with Crippen molar-refractivity contribution in [1.82, 2.24) is 4.90 Å². The van der Waals surface area contributed by atoms with E-state index in [4.69, 9.17) is 4.74 Å². The van der Waals surface area contributed by atoms with E-state index >= 15 is 0 Å². The minimum absolute atomic E-state index is 0.175. The molecule has 0 saturated carbocycles. The molecule has 2 aliphatic rings. The van der Waals surface area contributed by atoms with E-state index in [-0.39, 0.29) is 5.60 Å². The summed E-state index contributed by atoms with van der Waals surface area (Å²) in [5.74, 6) is 1.86. The fourth-order valence-electron chi connectivity index (χ4n) is 3.30. The highest BCUT2D eigenvalue weighted by Crippen LogP contribution is 2.40. The van der Waals surface area contributed by atoms with Crippen molar-refractivity contribution in [1.29, 1.82) is 0 Å². The molecule has 1 saturated heterocycles. The second-order valence-electron chi connectivity index (χ2n) is 5.96. The van der Waals surface area contributed by atoms with Crippen molar-refractivity contribution in [3.8, 4) is 0 Å². The maximum absolute atomic E-state index is 6.33. The van der Waals surface area contributed by atoms with E-state index in [0.717, 1.165) is 0 Å². The van der Waals surface area contributed by atoms with E-state index in [1.54, 1.807) is 0 Å². The maximum Gasteiger partial charge on any atom is 0.111 e. The molecule has 0 aromatic rings. The van der Waals surface area contributed by atoms with Gasteiger partial charge in [-0.15, -0.1) is 0 Å². The number of rotatable bonds is 2. The molecule has 2 heteroatoms. The van der Waals surface area contributed by atoms with E-state index in [0.29, 0.717) is 5.92 Å². The molecule has 0 aromatic carbocycles. The zero-order valence-corrected chi connectivity index (χ0v) is 11.9. The molecule has 2 heterocycles. The van der Waals surface area contributed by atoms with E-state index in [1.165, 1.54) is 56.6 Å². The quantitative estimate of drug-likeness (QED) is 0.728. The van der Waals surface area contributed by atoms with Crippen LogP contribution < -0.4 is 0 Å². The Morgan fingerprint density at radius 2 is 1.88 bits per heavy atom. The van der Waals surface area contributed by atoms with Crippen LogP contribution in [0.25, 0.3) is 0 Å². The molecule has 1 fully saturated rings. The smallest absolute Gasteiger partial charge is 0.111 e. The summed E-state index contributed by atoms with van der Waals surface area (Å²) in [5, 5.41) is 0. The third-order valence-electron chi connectivity index (χ3n) is 4.58. The third kappa shape index (κ3) is 2.67. The summed E-state index contributed by atoms with van der Waals surface area (Å²) in [6.45, 7) is 12.6. The highest BCUT2D eigenvalue weighted by molar-refractivity contribution is 5.15. The molecule has 0 amide bonds. The molecule has 0 N–H and O–H groups in total. The number of nitrogens with zero attached hydrogens (tertiary/aromatic N) is 1. The fourth-order valence-corrected chi connectivity index (χ4v) is 3.30. The lowest BCUT2D eigenvalue weighted by Crippen LogP contribution is -2.47. The van der Waals surface area contributed by atoms with Crippen LogP contribution in [0.5, 0.6) is 0 Å². The van der Waals surface area contributed by atoms with E-state index < -0.39 is 0 Å². The van der Waals surface area contributed by atoms with Gasteiger partial charge in [0.15, 0.2) is 0 Å². The van der Waals surface area contributed by atoms with Crippen LogP contribution in [0.1, 0.15) is 53.4 Å². The lowest BCUT2D eigenvalue weighted by atomic mass is 9.81. The zero-order valence-electron chi connectivity index (χ0n) is 11.9. The summed E-state index contributed by atoms with van der Waals surface area (Å²) < 4.78 is 6.33. The molecule has 0 unspecified atom stereocenters.